The number of nitrogen functional groups attached to an aromatic ring is 1. The highest BCUT2D eigenvalue weighted by atomic mass is 32.1. The van der Waals surface area contributed by atoms with Gasteiger partial charge in [-0.2, -0.15) is 0 Å². The molecule has 1 saturated carbocycles. The van der Waals surface area contributed by atoms with Crippen LogP contribution in [0, 0.1) is 0 Å². The van der Waals surface area contributed by atoms with Gasteiger partial charge in [-0.15, -0.1) is 11.3 Å². The highest BCUT2D eigenvalue weighted by Crippen LogP contribution is 2.49. The number of thiophene rings is 1. The maximum absolute atomic E-state index is 14.1. The molecule has 0 spiro atoms. The Kier molecular flexibility index (Phi) is 6.69. The average Bonchev–Trinajstić information content (AvgIpc) is 3.61. The number of pyridine rings is 1. The lowest BCUT2D eigenvalue weighted by Crippen LogP contribution is -2.52. The van der Waals surface area contributed by atoms with Gasteiger partial charge >= 0.3 is 0 Å². The molecule has 9 nitrogen and oxygen atoms in total. The molecule has 0 aliphatic heterocycles. The quantitative estimate of drug-likeness (QED) is 0.176. The van der Waals surface area contributed by atoms with Crippen molar-refractivity contribution < 1.29 is 14.4 Å². The van der Waals surface area contributed by atoms with Crippen molar-refractivity contribution in [3.63, 3.8) is 0 Å². The van der Waals surface area contributed by atoms with Crippen LogP contribution in [0.3, 0.4) is 0 Å². The summed E-state index contributed by atoms with van der Waals surface area (Å²) in [6.07, 6.45) is 6.97. The number of rotatable bonds is 6. The maximum Gasteiger partial charge on any atom is 0.262 e. The van der Waals surface area contributed by atoms with Crippen LogP contribution >= 0.6 is 11.3 Å². The number of carbonyl (C=O) groups is 3. The Morgan fingerprint density at radius 3 is 2.56 bits per heavy atom. The van der Waals surface area contributed by atoms with Crippen LogP contribution in [-0.4, -0.2) is 34.7 Å². The third-order valence-electron chi connectivity index (χ3n) is 8.18. The maximum atomic E-state index is 14.1. The fraction of sp³-hybridized carbons (Fsp3) is 0.226. The molecular weight excluding hydrogens is 536 g/mol. The van der Waals surface area contributed by atoms with Gasteiger partial charge in [0.15, 0.2) is 5.78 Å². The van der Waals surface area contributed by atoms with E-state index < -0.39 is 17.4 Å². The van der Waals surface area contributed by atoms with E-state index in [-0.39, 0.29) is 23.9 Å². The number of nitrogens with one attached hydrogen (secondary N) is 2. The second-order valence-corrected chi connectivity index (χ2v) is 11.6. The summed E-state index contributed by atoms with van der Waals surface area (Å²) in [6.45, 7) is 3.51. The zero-order valence-electron chi connectivity index (χ0n) is 22.2. The number of ketones is 1. The summed E-state index contributed by atoms with van der Waals surface area (Å²) >= 11 is 1.21. The number of aromatic nitrogens is 1. The first kappa shape index (κ1) is 26.8. The number of amides is 2. The first-order valence-corrected chi connectivity index (χ1v) is 14.2. The number of hydrogen-bond acceptors (Lipinski definition) is 8. The Labute approximate surface area is 240 Å². The highest BCUT2D eigenvalue weighted by Gasteiger charge is 2.49. The Bertz CT molecular complexity index is 1720. The molecule has 10 heteroatoms. The van der Waals surface area contributed by atoms with E-state index in [1.807, 2.05) is 36.4 Å². The largest absolute Gasteiger partial charge is 0.398 e. The number of Topliss-reactive ketones (excluding diaryl/α,β-unsaturated/α-hetero) is 1. The van der Waals surface area contributed by atoms with Crippen LogP contribution in [0.5, 0.6) is 0 Å². The Morgan fingerprint density at radius 1 is 1.07 bits per heavy atom. The van der Waals surface area contributed by atoms with Crippen molar-refractivity contribution in [2.75, 3.05) is 5.73 Å². The van der Waals surface area contributed by atoms with Crippen LogP contribution in [0.25, 0.3) is 21.2 Å². The molecule has 8 N–H and O–H groups in total. The summed E-state index contributed by atoms with van der Waals surface area (Å²) in [5.74, 6) is -1.06. The van der Waals surface area contributed by atoms with Crippen LogP contribution in [0.1, 0.15) is 51.7 Å². The van der Waals surface area contributed by atoms with Crippen molar-refractivity contribution in [2.45, 2.75) is 42.9 Å². The molecule has 2 heterocycles. The van der Waals surface area contributed by atoms with Gasteiger partial charge in [0.05, 0.1) is 15.6 Å². The van der Waals surface area contributed by atoms with Crippen molar-refractivity contribution in [3.8, 4) is 11.1 Å². The van der Waals surface area contributed by atoms with Crippen LogP contribution in [-0.2, 0) is 15.1 Å². The fourth-order valence-electron chi connectivity index (χ4n) is 6.11. The van der Waals surface area contributed by atoms with Gasteiger partial charge in [0, 0.05) is 41.1 Å². The molecule has 0 bridgehead atoms. The lowest BCUT2D eigenvalue weighted by atomic mass is 9.70. The molecular formula is C31H30N6O3S. The molecule has 2 aliphatic rings. The molecule has 4 atom stereocenters. The first-order valence-electron chi connectivity index (χ1n) is 13.4. The number of anilines is 1. The van der Waals surface area contributed by atoms with Crippen molar-refractivity contribution in [1.29, 1.82) is 0 Å². The molecule has 1 fully saturated rings. The average molecular weight is 567 g/mol. The molecule has 2 amide bonds. The van der Waals surface area contributed by atoms with Gasteiger partial charge in [-0.05, 0) is 65.8 Å². The number of carbonyl (C=O) groups excluding carboxylic acids is 3. The molecule has 41 heavy (non-hydrogen) atoms. The second kappa shape index (κ2) is 10.2. The molecule has 2 aromatic carbocycles. The minimum Gasteiger partial charge on any atom is -0.398 e. The highest BCUT2D eigenvalue weighted by molar-refractivity contribution is 7.21. The van der Waals surface area contributed by atoms with Crippen molar-refractivity contribution in [2.24, 2.45) is 11.5 Å². The zero-order chi connectivity index (χ0) is 28.9. The number of benzene rings is 2. The van der Waals surface area contributed by atoms with Crippen LogP contribution in [0.2, 0.25) is 0 Å². The van der Waals surface area contributed by atoms with Gasteiger partial charge in [0.1, 0.15) is 5.54 Å². The molecule has 208 valence electrons. The minimum absolute atomic E-state index is 0.213. The van der Waals surface area contributed by atoms with Crippen LogP contribution in [0.15, 0.2) is 73.6 Å². The summed E-state index contributed by atoms with van der Waals surface area (Å²) < 4.78 is 0.659. The van der Waals surface area contributed by atoms with Gasteiger partial charge in [-0.3, -0.25) is 19.4 Å². The van der Waals surface area contributed by atoms with Crippen molar-refractivity contribution >= 4 is 44.7 Å². The standard InChI is InChI=1S/C31H30N6O3S/c1-2-23(38)36-21-9-4-10-22(21)37-30(40)28-25-24-19(11-12-20(32)27(24)41-28)31(34,29(39)26(25)33)18-8-3-6-16(14-18)17-7-5-13-35-15-17/h2-3,5-8,11-15,21-22,26H,1,4,9-10,32-34H2,(H,36,38)(H,37,40)/t21-,22+,26?,31?/m0/s1. The van der Waals surface area contributed by atoms with Crippen LogP contribution in [0.4, 0.5) is 5.69 Å². The van der Waals surface area contributed by atoms with Gasteiger partial charge < -0.3 is 27.8 Å². The van der Waals surface area contributed by atoms with Gasteiger partial charge in [-0.25, -0.2) is 0 Å². The molecule has 2 aliphatic carbocycles. The van der Waals surface area contributed by atoms with E-state index in [1.165, 1.54) is 17.4 Å². The summed E-state index contributed by atoms with van der Waals surface area (Å²) in [4.78, 5) is 44.3. The number of nitrogens with zero attached hydrogens (tertiary/aromatic N) is 1. The number of nitrogens with two attached hydrogens (primary N) is 3. The Hall–Kier alpha value is -4.38. The van der Waals surface area contributed by atoms with E-state index in [4.69, 9.17) is 17.2 Å². The van der Waals surface area contributed by atoms with Crippen molar-refractivity contribution in [1.82, 2.24) is 15.6 Å². The van der Waals surface area contributed by atoms with Gasteiger partial charge in [-0.1, -0.05) is 36.9 Å². The van der Waals surface area contributed by atoms with E-state index in [9.17, 15) is 14.4 Å². The van der Waals surface area contributed by atoms with E-state index in [2.05, 4.69) is 22.2 Å². The monoisotopic (exact) mass is 566 g/mol. The van der Waals surface area contributed by atoms with Gasteiger partial charge in [0.25, 0.3) is 5.91 Å². The van der Waals surface area contributed by atoms with Gasteiger partial charge in [0.2, 0.25) is 5.91 Å². The third kappa shape index (κ3) is 4.31. The van der Waals surface area contributed by atoms with Crippen molar-refractivity contribution in [3.05, 3.63) is 95.1 Å². The number of hydrogen-bond donors (Lipinski definition) is 5. The minimum atomic E-state index is -1.56. The topological polar surface area (TPSA) is 166 Å². The summed E-state index contributed by atoms with van der Waals surface area (Å²) in [5, 5.41) is 6.60. The predicted octanol–water partition coefficient (Wildman–Crippen LogP) is 3.28. The smallest absolute Gasteiger partial charge is 0.262 e. The van der Waals surface area contributed by atoms with E-state index in [0.717, 1.165) is 24.0 Å². The summed E-state index contributed by atoms with van der Waals surface area (Å²) in [6, 6.07) is 13.1. The fourth-order valence-corrected chi connectivity index (χ4v) is 7.31. The normalized spacial score (nSPS) is 23.4. The molecule has 0 saturated heterocycles. The van der Waals surface area contributed by atoms with Crippen LogP contribution < -0.4 is 27.8 Å². The molecule has 2 unspecified atom stereocenters. The van der Waals surface area contributed by atoms with E-state index in [1.54, 1.807) is 24.5 Å². The molecule has 2 aromatic heterocycles. The third-order valence-corrected chi connectivity index (χ3v) is 9.43. The zero-order valence-corrected chi connectivity index (χ0v) is 23.0. The predicted molar refractivity (Wildman–Crippen MR) is 160 cm³/mol. The summed E-state index contributed by atoms with van der Waals surface area (Å²) in [5.41, 5.74) is 22.3. The summed E-state index contributed by atoms with van der Waals surface area (Å²) in [7, 11) is 0. The molecule has 0 radical (unpaired) electrons. The second-order valence-electron chi connectivity index (χ2n) is 10.6. The molecule has 6 rings (SSSR count). The Balaban J connectivity index is 1.44. The first-order chi connectivity index (χ1) is 19.7. The lowest BCUT2D eigenvalue weighted by Gasteiger charge is -2.36. The van der Waals surface area contributed by atoms with E-state index in [0.29, 0.717) is 43.8 Å². The van der Waals surface area contributed by atoms with E-state index >= 15 is 0 Å². The molecule has 4 aromatic rings. The lowest BCUT2D eigenvalue weighted by molar-refractivity contribution is -0.124. The Morgan fingerprint density at radius 2 is 1.83 bits per heavy atom. The SMILES string of the molecule is C=CC(=O)N[C@H]1CCC[C@H]1NC(=O)c1sc2c(N)ccc3c2c1C(N)C(=O)C3(N)c1cccc(-c2cccnc2)c1.